The number of pyridine rings is 1. The summed E-state index contributed by atoms with van der Waals surface area (Å²) >= 11 is 0. The predicted molar refractivity (Wildman–Crippen MR) is 56.3 cm³/mol. The third-order valence-corrected chi connectivity index (χ3v) is 1.80. The van der Waals surface area contributed by atoms with Crippen LogP contribution in [0.25, 0.3) is 0 Å². The molecule has 0 aromatic carbocycles. The van der Waals surface area contributed by atoms with Crippen molar-refractivity contribution in [1.82, 2.24) is 4.57 Å². The van der Waals surface area contributed by atoms with Gasteiger partial charge in [0.1, 0.15) is 12.6 Å². The van der Waals surface area contributed by atoms with Crippen LogP contribution in [-0.2, 0) is 16.1 Å². The molecule has 16 heavy (non-hydrogen) atoms. The van der Waals surface area contributed by atoms with Gasteiger partial charge in [-0.25, -0.2) is 0 Å². The average Bonchev–Trinajstić information content (AvgIpc) is 2.23. The fourth-order valence-electron chi connectivity index (χ4n) is 1.07. The zero-order valence-corrected chi connectivity index (χ0v) is 8.71. The van der Waals surface area contributed by atoms with E-state index < -0.39 is 12.1 Å². The SMILES string of the molecule is CC(C#N)OC(=O)Cn1cc(N)ccc1=O. The number of hydrogen-bond donors (Lipinski definition) is 1. The van der Waals surface area contributed by atoms with E-state index in [2.05, 4.69) is 0 Å². The van der Waals surface area contributed by atoms with Crippen molar-refractivity contribution in [3.63, 3.8) is 0 Å². The van der Waals surface area contributed by atoms with Gasteiger partial charge in [-0.3, -0.25) is 9.59 Å². The van der Waals surface area contributed by atoms with E-state index in [4.69, 9.17) is 15.7 Å². The van der Waals surface area contributed by atoms with E-state index in [9.17, 15) is 9.59 Å². The maximum Gasteiger partial charge on any atom is 0.327 e. The highest BCUT2D eigenvalue weighted by atomic mass is 16.5. The van der Waals surface area contributed by atoms with Gasteiger partial charge in [0, 0.05) is 18.0 Å². The van der Waals surface area contributed by atoms with Gasteiger partial charge in [0.25, 0.3) is 5.56 Å². The van der Waals surface area contributed by atoms with Gasteiger partial charge in [0.15, 0.2) is 6.10 Å². The molecule has 1 unspecified atom stereocenters. The molecule has 0 aliphatic heterocycles. The summed E-state index contributed by atoms with van der Waals surface area (Å²) in [6, 6.07) is 4.46. The Hall–Kier alpha value is -2.29. The normalized spacial score (nSPS) is 11.5. The van der Waals surface area contributed by atoms with E-state index in [0.717, 1.165) is 4.57 Å². The molecule has 0 saturated heterocycles. The molecule has 84 valence electrons. The highest BCUT2D eigenvalue weighted by Gasteiger charge is 2.09. The number of nitriles is 1. The maximum absolute atomic E-state index is 11.3. The lowest BCUT2D eigenvalue weighted by Gasteiger charge is -2.08. The van der Waals surface area contributed by atoms with Crippen molar-refractivity contribution < 1.29 is 9.53 Å². The number of carbonyl (C=O) groups excluding carboxylic acids is 1. The first-order valence-electron chi connectivity index (χ1n) is 4.58. The van der Waals surface area contributed by atoms with Crippen molar-refractivity contribution in [3.8, 4) is 6.07 Å². The molecule has 1 heterocycles. The molecular formula is C10H11N3O3. The summed E-state index contributed by atoms with van der Waals surface area (Å²) in [6.45, 7) is 1.19. The minimum atomic E-state index is -0.829. The molecule has 6 heteroatoms. The molecule has 0 bridgehead atoms. The highest BCUT2D eigenvalue weighted by Crippen LogP contribution is 1.97. The minimum absolute atomic E-state index is 0.254. The Kier molecular flexibility index (Phi) is 3.67. The third-order valence-electron chi connectivity index (χ3n) is 1.80. The van der Waals surface area contributed by atoms with Crippen LogP contribution in [0.4, 0.5) is 5.69 Å². The fraction of sp³-hybridized carbons (Fsp3) is 0.300. The van der Waals surface area contributed by atoms with Crippen LogP contribution >= 0.6 is 0 Å². The summed E-state index contributed by atoms with van der Waals surface area (Å²) in [7, 11) is 0. The zero-order chi connectivity index (χ0) is 12.1. The van der Waals surface area contributed by atoms with Gasteiger partial charge in [-0.05, 0) is 13.0 Å². The molecule has 1 aromatic heterocycles. The number of hydrogen-bond acceptors (Lipinski definition) is 5. The Morgan fingerprint density at radius 3 is 3.00 bits per heavy atom. The summed E-state index contributed by atoms with van der Waals surface area (Å²) in [5.74, 6) is -0.651. The Balaban J connectivity index is 2.74. The van der Waals surface area contributed by atoms with E-state index in [1.165, 1.54) is 25.3 Å². The van der Waals surface area contributed by atoms with Crippen molar-refractivity contribution in [2.24, 2.45) is 0 Å². The van der Waals surface area contributed by atoms with E-state index >= 15 is 0 Å². The van der Waals surface area contributed by atoms with Crippen LogP contribution in [-0.4, -0.2) is 16.6 Å². The summed E-state index contributed by atoms with van der Waals surface area (Å²) in [5, 5.41) is 8.43. The van der Waals surface area contributed by atoms with Crippen molar-refractivity contribution in [1.29, 1.82) is 5.26 Å². The monoisotopic (exact) mass is 221 g/mol. The smallest absolute Gasteiger partial charge is 0.327 e. The molecule has 0 saturated carbocycles. The number of esters is 1. The first-order chi connectivity index (χ1) is 7.52. The number of nitrogen functional groups attached to an aromatic ring is 1. The van der Waals surface area contributed by atoms with Crippen LogP contribution in [0.5, 0.6) is 0 Å². The number of anilines is 1. The fourth-order valence-corrected chi connectivity index (χ4v) is 1.07. The molecule has 0 aliphatic carbocycles. The number of nitrogens with two attached hydrogens (primary N) is 1. The van der Waals surface area contributed by atoms with E-state index in [1.54, 1.807) is 6.07 Å². The van der Waals surface area contributed by atoms with Gasteiger partial charge in [-0.2, -0.15) is 5.26 Å². The van der Waals surface area contributed by atoms with E-state index in [1.807, 2.05) is 0 Å². The summed E-state index contributed by atoms with van der Waals surface area (Å²) in [6.07, 6.45) is 0.518. The van der Waals surface area contributed by atoms with Crippen LogP contribution in [0.3, 0.4) is 0 Å². The summed E-state index contributed by atoms with van der Waals surface area (Å²) in [4.78, 5) is 22.6. The number of ether oxygens (including phenoxy) is 1. The second-order valence-electron chi connectivity index (χ2n) is 3.19. The number of rotatable bonds is 3. The molecule has 6 nitrogen and oxygen atoms in total. The molecule has 0 fully saturated rings. The van der Waals surface area contributed by atoms with Gasteiger partial charge < -0.3 is 15.0 Å². The largest absolute Gasteiger partial charge is 0.446 e. The molecule has 1 atom stereocenters. The van der Waals surface area contributed by atoms with Crippen molar-refractivity contribution >= 4 is 11.7 Å². The van der Waals surface area contributed by atoms with Crippen LogP contribution in [0, 0.1) is 11.3 Å². The number of nitrogens with zero attached hydrogens (tertiary/aromatic N) is 2. The molecule has 0 amide bonds. The van der Waals surface area contributed by atoms with Gasteiger partial charge in [0.05, 0.1) is 0 Å². The lowest BCUT2D eigenvalue weighted by molar-refractivity contribution is -0.146. The topological polar surface area (TPSA) is 98.1 Å². The molecule has 1 aromatic rings. The minimum Gasteiger partial charge on any atom is -0.446 e. The molecule has 0 radical (unpaired) electrons. The number of aromatic nitrogens is 1. The standard InChI is InChI=1S/C10H11N3O3/c1-7(4-11)16-10(15)6-13-5-8(12)2-3-9(13)14/h2-3,5,7H,6,12H2,1H3. The number of carbonyl (C=O) groups is 1. The Morgan fingerprint density at radius 2 is 2.38 bits per heavy atom. The molecule has 1 rings (SSSR count). The summed E-state index contributed by atoms with van der Waals surface area (Å²) in [5.41, 5.74) is 5.49. The quantitative estimate of drug-likeness (QED) is 0.718. The highest BCUT2D eigenvalue weighted by molar-refractivity contribution is 5.69. The van der Waals surface area contributed by atoms with Gasteiger partial charge >= 0.3 is 5.97 Å². The Labute approximate surface area is 91.9 Å². The lowest BCUT2D eigenvalue weighted by atomic mass is 10.4. The van der Waals surface area contributed by atoms with Gasteiger partial charge in [-0.15, -0.1) is 0 Å². The zero-order valence-electron chi connectivity index (χ0n) is 8.71. The van der Waals surface area contributed by atoms with E-state index in [-0.39, 0.29) is 12.1 Å². The van der Waals surface area contributed by atoms with Crippen LogP contribution in [0.2, 0.25) is 0 Å². The first kappa shape index (κ1) is 11.8. The molecular weight excluding hydrogens is 210 g/mol. The Morgan fingerprint density at radius 1 is 1.69 bits per heavy atom. The average molecular weight is 221 g/mol. The Bertz CT molecular complexity index is 487. The molecule has 0 aliphatic rings. The lowest BCUT2D eigenvalue weighted by Crippen LogP contribution is -2.26. The summed E-state index contributed by atoms with van der Waals surface area (Å²) < 4.78 is 5.82. The molecule has 0 spiro atoms. The van der Waals surface area contributed by atoms with Crippen LogP contribution in [0.1, 0.15) is 6.92 Å². The second-order valence-corrected chi connectivity index (χ2v) is 3.19. The van der Waals surface area contributed by atoms with Crippen molar-refractivity contribution in [2.45, 2.75) is 19.6 Å². The predicted octanol–water partition coefficient (Wildman–Crippen LogP) is -0.114. The van der Waals surface area contributed by atoms with Gasteiger partial charge in [0.2, 0.25) is 0 Å². The van der Waals surface area contributed by atoms with Crippen molar-refractivity contribution in [2.75, 3.05) is 5.73 Å². The van der Waals surface area contributed by atoms with Crippen LogP contribution in [0.15, 0.2) is 23.1 Å². The second kappa shape index (κ2) is 4.98. The third kappa shape index (κ3) is 3.13. The molecule has 2 N–H and O–H groups in total. The van der Waals surface area contributed by atoms with Crippen LogP contribution < -0.4 is 11.3 Å². The van der Waals surface area contributed by atoms with Gasteiger partial charge in [-0.1, -0.05) is 0 Å². The van der Waals surface area contributed by atoms with Crippen molar-refractivity contribution in [3.05, 3.63) is 28.7 Å². The van der Waals surface area contributed by atoms with E-state index in [0.29, 0.717) is 5.69 Å². The first-order valence-corrected chi connectivity index (χ1v) is 4.58. The maximum atomic E-state index is 11.3.